The fourth-order valence-electron chi connectivity index (χ4n) is 4.35. The predicted molar refractivity (Wildman–Crippen MR) is 129 cm³/mol. The fraction of sp³-hybridized carbons (Fsp3) is 0.160. The SMILES string of the molecule is Cn1c(Cn2nc(C(=O)NCCc3nnc4ccccn34)c3ccccc32)nc2cc(F)ccc21. The van der Waals surface area contributed by atoms with Crippen LogP contribution in [0.3, 0.4) is 0 Å². The molecule has 0 spiro atoms. The number of hydrogen-bond donors (Lipinski definition) is 1. The van der Waals surface area contributed by atoms with E-state index in [-0.39, 0.29) is 11.7 Å². The van der Waals surface area contributed by atoms with Crippen molar-refractivity contribution < 1.29 is 9.18 Å². The van der Waals surface area contributed by atoms with E-state index < -0.39 is 0 Å². The Labute approximate surface area is 198 Å². The fourth-order valence-corrected chi connectivity index (χ4v) is 4.35. The Morgan fingerprint density at radius 1 is 1.00 bits per heavy atom. The first-order valence-electron chi connectivity index (χ1n) is 11.2. The minimum absolute atomic E-state index is 0.263. The summed E-state index contributed by atoms with van der Waals surface area (Å²) in [6.07, 6.45) is 2.43. The first-order valence-corrected chi connectivity index (χ1v) is 11.2. The highest BCUT2D eigenvalue weighted by Crippen LogP contribution is 2.21. The van der Waals surface area contributed by atoms with Crippen molar-refractivity contribution in [3.05, 3.63) is 90.0 Å². The second-order valence-electron chi connectivity index (χ2n) is 8.29. The van der Waals surface area contributed by atoms with Gasteiger partial charge >= 0.3 is 0 Å². The van der Waals surface area contributed by atoms with Crippen molar-refractivity contribution in [2.45, 2.75) is 13.0 Å². The van der Waals surface area contributed by atoms with Crippen molar-refractivity contribution in [3.63, 3.8) is 0 Å². The summed E-state index contributed by atoms with van der Waals surface area (Å²) in [5.74, 6) is 0.893. The molecule has 35 heavy (non-hydrogen) atoms. The van der Waals surface area contributed by atoms with Crippen LogP contribution >= 0.6 is 0 Å². The molecule has 0 fully saturated rings. The third kappa shape index (κ3) is 3.68. The maximum atomic E-state index is 13.7. The van der Waals surface area contributed by atoms with Gasteiger partial charge in [-0.1, -0.05) is 24.3 Å². The molecule has 0 unspecified atom stereocenters. The van der Waals surface area contributed by atoms with E-state index in [0.29, 0.717) is 36.5 Å². The van der Waals surface area contributed by atoms with E-state index >= 15 is 0 Å². The Bertz CT molecular complexity index is 1710. The molecule has 9 nitrogen and oxygen atoms in total. The summed E-state index contributed by atoms with van der Waals surface area (Å²) in [6, 6.07) is 17.8. The van der Waals surface area contributed by atoms with Crippen molar-refractivity contribution in [2.24, 2.45) is 7.05 Å². The van der Waals surface area contributed by atoms with Crippen molar-refractivity contribution >= 4 is 33.5 Å². The molecule has 174 valence electrons. The first kappa shape index (κ1) is 21.0. The maximum absolute atomic E-state index is 13.7. The molecular weight excluding hydrogens is 447 g/mol. The highest BCUT2D eigenvalue weighted by atomic mass is 19.1. The number of imidazole rings is 1. The molecule has 0 aliphatic carbocycles. The zero-order valence-corrected chi connectivity index (χ0v) is 18.9. The average Bonchev–Trinajstić information content (AvgIpc) is 3.54. The van der Waals surface area contributed by atoms with Crippen LogP contribution in [0, 0.1) is 5.82 Å². The number of carbonyl (C=O) groups is 1. The largest absolute Gasteiger partial charge is 0.350 e. The molecular formula is C25H21FN8O. The molecule has 0 aliphatic rings. The Balaban J connectivity index is 1.25. The van der Waals surface area contributed by atoms with Gasteiger partial charge in [-0.25, -0.2) is 9.37 Å². The third-order valence-electron chi connectivity index (χ3n) is 6.12. The van der Waals surface area contributed by atoms with Crippen molar-refractivity contribution in [2.75, 3.05) is 6.54 Å². The van der Waals surface area contributed by atoms with E-state index in [2.05, 4.69) is 25.6 Å². The van der Waals surface area contributed by atoms with Gasteiger partial charge in [0.15, 0.2) is 11.3 Å². The number of para-hydroxylation sites is 1. The van der Waals surface area contributed by atoms with E-state index in [1.165, 1.54) is 12.1 Å². The second-order valence-corrected chi connectivity index (χ2v) is 8.29. The van der Waals surface area contributed by atoms with Gasteiger partial charge in [0.05, 0.1) is 23.1 Å². The molecule has 4 heterocycles. The van der Waals surface area contributed by atoms with Gasteiger partial charge in [-0.05, 0) is 30.3 Å². The average molecular weight is 468 g/mol. The standard InChI is InChI=1S/C25H21FN8O/c1-32-20-10-9-16(26)14-18(20)28-23(32)15-34-19-7-3-2-6-17(19)24(31-34)25(35)27-12-11-22-30-29-21-8-4-5-13-33(21)22/h2-10,13-14H,11-12,15H2,1H3,(H,27,35). The van der Waals surface area contributed by atoms with Gasteiger partial charge in [0.25, 0.3) is 5.91 Å². The van der Waals surface area contributed by atoms with Gasteiger partial charge in [-0.2, -0.15) is 5.10 Å². The summed E-state index contributed by atoms with van der Waals surface area (Å²) >= 11 is 0. The van der Waals surface area contributed by atoms with Crippen LogP contribution in [0.4, 0.5) is 4.39 Å². The number of rotatable bonds is 6. The molecule has 0 bridgehead atoms. The van der Waals surface area contributed by atoms with E-state index in [1.807, 2.05) is 64.7 Å². The van der Waals surface area contributed by atoms with Crippen LogP contribution in [-0.4, -0.2) is 46.4 Å². The molecule has 1 N–H and O–H groups in total. The first-order chi connectivity index (χ1) is 17.1. The van der Waals surface area contributed by atoms with Gasteiger partial charge < -0.3 is 9.88 Å². The molecule has 4 aromatic heterocycles. The number of amides is 1. The van der Waals surface area contributed by atoms with Crippen molar-refractivity contribution in [3.8, 4) is 0 Å². The topological polar surface area (TPSA) is 94.9 Å². The summed E-state index contributed by atoms with van der Waals surface area (Å²) < 4.78 is 19.2. The van der Waals surface area contributed by atoms with Gasteiger partial charge in [0, 0.05) is 37.7 Å². The van der Waals surface area contributed by atoms with E-state index in [4.69, 9.17) is 0 Å². The zero-order valence-electron chi connectivity index (χ0n) is 18.9. The number of fused-ring (bicyclic) bond motifs is 3. The van der Waals surface area contributed by atoms with Crippen LogP contribution in [0.15, 0.2) is 66.9 Å². The Kier molecular flexibility index (Phi) is 4.98. The Morgan fingerprint density at radius 2 is 1.86 bits per heavy atom. The number of aryl methyl sites for hydroxylation is 1. The van der Waals surface area contributed by atoms with Crippen molar-refractivity contribution in [1.82, 2.24) is 39.2 Å². The van der Waals surface area contributed by atoms with Crippen LogP contribution in [0.2, 0.25) is 0 Å². The van der Waals surface area contributed by atoms with Gasteiger partial charge in [-0.3, -0.25) is 13.9 Å². The minimum Gasteiger partial charge on any atom is -0.350 e. The van der Waals surface area contributed by atoms with Crippen LogP contribution in [0.25, 0.3) is 27.6 Å². The summed E-state index contributed by atoms with van der Waals surface area (Å²) in [5.41, 5.74) is 3.34. The third-order valence-corrected chi connectivity index (χ3v) is 6.12. The lowest BCUT2D eigenvalue weighted by molar-refractivity contribution is 0.0949. The van der Waals surface area contributed by atoms with Crippen LogP contribution in [-0.2, 0) is 20.0 Å². The number of nitrogens with one attached hydrogen (secondary N) is 1. The molecule has 6 aromatic rings. The minimum atomic E-state index is -0.329. The molecule has 0 aliphatic heterocycles. The molecule has 0 atom stereocenters. The quantitative estimate of drug-likeness (QED) is 0.405. The van der Waals surface area contributed by atoms with Gasteiger partial charge in [0.1, 0.15) is 17.5 Å². The molecule has 10 heteroatoms. The Hall–Kier alpha value is -4.60. The van der Waals surface area contributed by atoms with Crippen LogP contribution in [0.5, 0.6) is 0 Å². The summed E-state index contributed by atoms with van der Waals surface area (Å²) in [7, 11) is 1.88. The van der Waals surface area contributed by atoms with Crippen molar-refractivity contribution in [1.29, 1.82) is 0 Å². The lowest BCUT2D eigenvalue weighted by atomic mass is 10.2. The lowest BCUT2D eigenvalue weighted by Crippen LogP contribution is -2.27. The van der Waals surface area contributed by atoms with E-state index in [9.17, 15) is 9.18 Å². The van der Waals surface area contributed by atoms with Gasteiger partial charge in [-0.15, -0.1) is 10.2 Å². The Morgan fingerprint density at radius 3 is 2.77 bits per heavy atom. The molecule has 0 saturated carbocycles. The normalized spacial score (nSPS) is 11.6. The van der Waals surface area contributed by atoms with Gasteiger partial charge in [0.2, 0.25) is 0 Å². The molecule has 6 rings (SSSR count). The number of halogens is 1. The molecule has 0 radical (unpaired) electrons. The van der Waals surface area contributed by atoms with E-state index in [0.717, 1.165) is 27.9 Å². The number of nitrogens with zero attached hydrogens (tertiary/aromatic N) is 7. The predicted octanol–water partition coefficient (Wildman–Crippen LogP) is 3.13. The monoisotopic (exact) mass is 468 g/mol. The van der Waals surface area contributed by atoms with E-state index in [1.54, 1.807) is 10.7 Å². The smallest absolute Gasteiger partial charge is 0.272 e. The molecule has 1 amide bonds. The number of aromatic nitrogens is 7. The summed E-state index contributed by atoms with van der Waals surface area (Å²) in [5, 5.41) is 16.7. The summed E-state index contributed by atoms with van der Waals surface area (Å²) in [4.78, 5) is 17.6. The molecule has 0 saturated heterocycles. The lowest BCUT2D eigenvalue weighted by Gasteiger charge is -2.04. The highest BCUT2D eigenvalue weighted by molar-refractivity contribution is 6.04. The summed E-state index contributed by atoms with van der Waals surface area (Å²) in [6.45, 7) is 0.734. The number of benzene rings is 2. The zero-order chi connectivity index (χ0) is 23.9. The maximum Gasteiger partial charge on any atom is 0.272 e. The number of pyridine rings is 1. The highest BCUT2D eigenvalue weighted by Gasteiger charge is 2.19. The number of carbonyl (C=O) groups excluding carboxylic acids is 1. The molecule has 2 aromatic carbocycles. The van der Waals surface area contributed by atoms with Crippen LogP contribution < -0.4 is 5.32 Å². The second kappa shape index (κ2) is 8.32. The number of hydrogen-bond acceptors (Lipinski definition) is 5. The van der Waals surface area contributed by atoms with Crippen LogP contribution in [0.1, 0.15) is 22.1 Å².